The van der Waals surface area contributed by atoms with Crippen LogP contribution in [0.4, 0.5) is 5.69 Å². The summed E-state index contributed by atoms with van der Waals surface area (Å²) >= 11 is 0. The second kappa shape index (κ2) is 8.47. The number of nitrogens with one attached hydrogen (secondary N) is 1. The molecule has 0 bridgehead atoms. The summed E-state index contributed by atoms with van der Waals surface area (Å²) in [5.41, 5.74) is 4.78. The number of hydrogen-bond acceptors (Lipinski definition) is 3. The van der Waals surface area contributed by atoms with Crippen LogP contribution in [0.5, 0.6) is 0 Å². The number of hydrogen-bond donors (Lipinski definition) is 1. The molecule has 0 atom stereocenters. The number of benzene rings is 2. The van der Waals surface area contributed by atoms with E-state index in [0.717, 1.165) is 27.9 Å². The zero-order valence-electron chi connectivity index (χ0n) is 15.7. The third-order valence-electron chi connectivity index (χ3n) is 4.17. The number of carbonyl (C=O) groups excluding carboxylic acids is 1. The van der Waals surface area contributed by atoms with Gasteiger partial charge in [0.2, 0.25) is 15.9 Å². The van der Waals surface area contributed by atoms with E-state index in [4.69, 9.17) is 0 Å². The van der Waals surface area contributed by atoms with Crippen molar-refractivity contribution in [2.45, 2.75) is 33.7 Å². The number of anilines is 1. The van der Waals surface area contributed by atoms with Crippen LogP contribution in [0.25, 0.3) is 0 Å². The van der Waals surface area contributed by atoms with Crippen LogP contribution >= 0.6 is 0 Å². The van der Waals surface area contributed by atoms with E-state index in [9.17, 15) is 13.2 Å². The van der Waals surface area contributed by atoms with Gasteiger partial charge in [0.25, 0.3) is 0 Å². The number of carbonyl (C=O) groups is 1. The van der Waals surface area contributed by atoms with Gasteiger partial charge in [0, 0.05) is 25.2 Å². The lowest BCUT2D eigenvalue weighted by Gasteiger charge is -2.20. The number of aryl methyl sites for hydroxylation is 3. The first-order valence-corrected chi connectivity index (χ1v) is 10.4. The van der Waals surface area contributed by atoms with Crippen LogP contribution in [0.15, 0.2) is 42.5 Å². The highest BCUT2D eigenvalue weighted by atomic mass is 32.2. The standard InChI is InChI=1S/C20H26N2O3S/c1-15-6-5-7-18(12-15)14-22(26(4,24)25)11-10-20(23)21-19-13-16(2)8-9-17(19)3/h5-9,12-13H,10-11,14H2,1-4H3,(H,21,23). The smallest absolute Gasteiger partial charge is 0.225 e. The Balaban J connectivity index is 2.02. The second-order valence-corrected chi connectivity index (χ2v) is 8.68. The molecule has 0 radical (unpaired) electrons. The van der Waals surface area contributed by atoms with Crippen LogP contribution in [0.2, 0.25) is 0 Å². The zero-order valence-corrected chi connectivity index (χ0v) is 16.6. The Hall–Kier alpha value is -2.18. The fraction of sp³-hybridized carbons (Fsp3) is 0.350. The van der Waals surface area contributed by atoms with Crippen molar-refractivity contribution in [3.8, 4) is 0 Å². The number of amides is 1. The summed E-state index contributed by atoms with van der Waals surface area (Å²) in [7, 11) is -3.41. The lowest BCUT2D eigenvalue weighted by atomic mass is 10.1. The minimum Gasteiger partial charge on any atom is -0.326 e. The van der Waals surface area contributed by atoms with Gasteiger partial charge in [-0.05, 0) is 43.5 Å². The van der Waals surface area contributed by atoms with E-state index in [1.165, 1.54) is 10.6 Å². The molecule has 0 fully saturated rings. The van der Waals surface area contributed by atoms with Gasteiger partial charge in [-0.15, -0.1) is 0 Å². The molecule has 0 aliphatic heterocycles. The monoisotopic (exact) mass is 374 g/mol. The summed E-state index contributed by atoms with van der Waals surface area (Å²) in [6.07, 6.45) is 1.28. The van der Waals surface area contributed by atoms with Crippen LogP contribution in [0, 0.1) is 20.8 Å². The maximum absolute atomic E-state index is 12.3. The Morgan fingerprint density at radius 1 is 1.04 bits per heavy atom. The summed E-state index contributed by atoms with van der Waals surface area (Å²) < 4.78 is 25.5. The summed E-state index contributed by atoms with van der Waals surface area (Å²) in [6, 6.07) is 13.6. The first-order chi connectivity index (χ1) is 12.1. The van der Waals surface area contributed by atoms with Crippen molar-refractivity contribution in [1.82, 2.24) is 4.31 Å². The molecular formula is C20H26N2O3S. The maximum atomic E-state index is 12.3. The van der Waals surface area contributed by atoms with E-state index >= 15 is 0 Å². The molecule has 26 heavy (non-hydrogen) atoms. The number of nitrogens with zero attached hydrogens (tertiary/aromatic N) is 1. The van der Waals surface area contributed by atoms with E-state index in [1.807, 2.05) is 63.2 Å². The first kappa shape index (κ1) is 20.1. The summed E-state index contributed by atoms with van der Waals surface area (Å²) in [4.78, 5) is 12.3. The molecule has 2 aromatic carbocycles. The summed E-state index contributed by atoms with van der Waals surface area (Å²) in [5, 5.41) is 2.87. The van der Waals surface area contributed by atoms with Gasteiger partial charge >= 0.3 is 0 Å². The molecule has 0 unspecified atom stereocenters. The molecule has 0 aliphatic carbocycles. The van der Waals surface area contributed by atoms with Gasteiger partial charge in [0.05, 0.1) is 6.26 Å². The fourth-order valence-electron chi connectivity index (χ4n) is 2.69. The molecule has 2 rings (SSSR count). The van der Waals surface area contributed by atoms with Crippen molar-refractivity contribution in [2.75, 3.05) is 18.1 Å². The molecule has 2 aromatic rings. The van der Waals surface area contributed by atoms with E-state index in [2.05, 4.69) is 5.32 Å². The van der Waals surface area contributed by atoms with Gasteiger partial charge in [-0.2, -0.15) is 4.31 Å². The topological polar surface area (TPSA) is 66.5 Å². The molecule has 6 heteroatoms. The lowest BCUT2D eigenvalue weighted by Crippen LogP contribution is -2.32. The van der Waals surface area contributed by atoms with E-state index in [0.29, 0.717) is 0 Å². The third kappa shape index (κ3) is 5.97. The second-order valence-electron chi connectivity index (χ2n) is 6.70. The van der Waals surface area contributed by atoms with E-state index in [-0.39, 0.29) is 25.4 Å². The zero-order chi connectivity index (χ0) is 19.3. The molecule has 5 nitrogen and oxygen atoms in total. The van der Waals surface area contributed by atoms with Gasteiger partial charge < -0.3 is 5.32 Å². The molecule has 1 N–H and O–H groups in total. The van der Waals surface area contributed by atoms with Crippen molar-refractivity contribution in [3.05, 3.63) is 64.7 Å². The number of sulfonamides is 1. The van der Waals surface area contributed by atoms with Crippen LogP contribution in [-0.4, -0.2) is 31.4 Å². The normalized spacial score (nSPS) is 11.6. The highest BCUT2D eigenvalue weighted by Crippen LogP contribution is 2.17. The summed E-state index contributed by atoms with van der Waals surface area (Å²) in [5.74, 6) is -0.198. The first-order valence-electron chi connectivity index (χ1n) is 8.53. The fourth-order valence-corrected chi connectivity index (χ4v) is 3.49. The minimum atomic E-state index is -3.41. The molecule has 1 amide bonds. The van der Waals surface area contributed by atoms with Gasteiger partial charge in [-0.25, -0.2) is 8.42 Å². The minimum absolute atomic E-state index is 0.103. The molecule has 0 heterocycles. The van der Waals surface area contributed by atoms with Crippen molar-refractivity contribution < 1.29 is 13.2 Å². The Morgan fingerprint density at radius 2 is 1.73 bits per heavy atom. The Kier molecular flexibility index (Phi) is 6.56. The Morgan fingerprint density at radius 3 is 2.38 bits per heavy atom. The van der Waals surface area contributed by atoms with E-state index < -0.39 is 10.0 Å². The largest absolute Gasteiger partial charge is 0.326 e. The van der Waals surface area contributed by atoms with Crippen molar-refractivity contribution in [1.29, 1.82) is 0 Å². The predicted molar refractivity (Wildman–Crippen MR) is 106 cm³/mol. The highest BCUT2D eigenvalue weighted by Gasteiger charge is 2.18. The Bertz CT molecular complexity index is 892. The molecule has 0 aromatic heterocycles. The predicted octanol–water partition coefficient (Wildman–Crippen LogP) is 3.40. The van der Waals surface area contributed by atoms with Crippen LogP contribution in [0.3, 0.4) is 0 Å². The van der Waals surface area contributed by atoms with Gasteiger partial charge in [-0.3, -0.25) is 4.79 Å². The number of rotatable bonds is 7. The SMILES string of the molecule is Cc1cccc(CN(CCC(=O)Nc2cc(C)ccc2C)S(C)(=O)=O)c1. The van der Waals surface area contributed by atoms with Crippen LogP contribution in [0.1, 0.15) is 28.7 Å². The molecule has 0 saturated carbocycles. The van der Waals surface area contributed by atoms with Gasteiger partial charge in [0.1, 0.15) is 0 Å². The van der Waals surface area contributed by atoms with Crippen LogP contribution in [-0.2, 0) is 21.4 Å². The van der Waals surface area contributed by atoms with Crippen molar-refractivity contribution in [2.24, 2.45) is 0 Å². The van der Waals surface area contributed by atoms with Crippen LogP contribution < -0.4 is 5.32 Å². The molecular weight excluding hydrogens is 348 g/mol. The van der Waals surface area contributed by atoms with Crippen molar-refractivity contribution in [3.63, 3.8) is 0 Å². The van der Waals surface area contributed by atoms with Crippen molar-refractivity contribution >= 4 is 21.6 Å². The third-order valence-corrected chi connectivity index (χ3v) is 5.42. The Labute approximate surface area is 156 Å². The lowest BCUT2D eigenvalue weighted by molar-refractivity contribution is -0.116. The maximum Gasteiger partial charge on any atom is 0.225 e. The quantitative estimate of drug-likeness (QED) is 0.808. The van der Waals surface area contributed by atoms with E-state index in [1.54, 1.807) is 0 Å². The summed E-state index contributed by atoms with van der Waals surface area (Å²) in [6.45, 7) is 6.25. The molecule has 0 aliphatic rings. The molecule has 0 spiro atoms. The average molecular weight is 375 g/mol. The molecule has 140 valence electrons. The highest BCUT2D eigenvalue weighted by molar-refractivity contribution is 7.88. The van der Waals surface area contributed by atoms with Gasteiger partial charge in [0.15, 0.2) is 0 Å². The average Bonchev–Trinajstić information content (AvgIpc) is 2.54. The van der Waals surface area contributed by atoms with Gasteiger partial charge in [-0.1, -0.05) is 42.0 Å². The molecule has 0 saturated heterocycles.